The van der Waals surface area contributed by atoms with Crippen molar-refractivity contribution < 1.29 is 29.3 Å². The zero-order valence-electron chi connectivity index (χ0n) is 21.1. The highest BCUT2D eigenvalue weighted by Gasteiger charge is 2.38. The molecule has 0 aliphatic heterocycles. The van der Waals surface area contributed by atoms with E-state index in [1.165, 1.54) is 6.08 Å². The minimum Gasteiger partial charge on any atom is -0.492 e. The van der Waals surface area contributed by atoms with Gasteiger partial charge < -0.3 is 19.8 Å². The molecule has 0 heterocycles. The predicted molar refractivity (Wildman–Crippen MR) is 136 cm³/mol. The Bertz CT molecular complexity index is 1050. The van der Waals surface area contributed by atoms with Crippen molar-refractivity contribution in [1.82, 2.24) is 4.90 Å². The quantitative estimate of drug-likeness (QED) is 0.332. The van der Waals surface area contributed by atoms with E-state index in [9.17, 15) is 19.5 Å². The predicted octanol–water partition coefficient (Wildman–Crippen LogP) is 4.61. The SMILES string of the molecule is CCN(CC)CCOc1cc(C)c(C(=O)C=CC2C=CC=CC2(C)/C(=C\C(=O)O)C(=O)O)c(C)c1. The first-order valence-electron chi connectivity index (χ1n) is 11.8. The maximum Gasteiger partial charge on any atom is 0.332 e. The number of aliphatic carboxylic acids is 2. The molecule has 0 spiro atoms. The van der Waals surface area contributed by atoms with Crippen LogP contribution in [0.2, 0.25) is 0 Å². The van der Waals surface area contributed by atoms with Gasteiger partial charge in [-0.1, -0.05) is 51.2 Å². The highest BCUT2D eigenvalue weighted by Crippen LogP contribution is 2.41. The number of carboxylic acids is 2. The molecular formula is C28H35NO6. The van der Waals surface area contributed by atoms with E-state index in [0.29, 0.717) is 24.0 Å². The molecule has 188 valence electrons. The first kappa shape index (κ1) is 27.8. The molecule has 1 aliphatic rings. The molecule has 7 heteroatoms. The van der Waals surface area contributed by atoms with Crippen molar-refractivity contribution in [2.75, 3.05) is 26.2 Å². The van der Waals surface area contributed by atoms with Crippen molar-refractivity contribution >= 4 is 17.7 Å². The molecule has 1 aromatic rings. The van der Waals surface area contributed by atoms with Crippen LogP contribution in [0.4, 0.5) is 0 Å². The molecule has 1 aliphatic carbocycles. The summed E-state index contributed by atoms with van der Waals surface area (Å²) in [4.78, 5) is 38.4. The molecule has 35 heavy (non-hydrogen) atoms. The van der Waals surface area contributed by atoms with Gasteiger partial charge in [0.2, 0.25) is 0 Å². The smallest absolute Gasteiger partial charge is 0.332 e. The largest absolute Gasteiger partial charge is 0.492 e. The third-order valence-corrected chi connectivity index (χ3v) is 6.42. The molecular weight excluding hydrogens is 446 g/mol. The van der Waals surface area contributed by atoms with Gasteiger partial charge in [-0.25, -0.2) is 9.59 Å². The molecule has 0 saturated carbocycles. The van der Waals surface area contributed by atoms with Crippen molar-refractivity contribution in [2.45, 2.75) is 34.6 Å². The zero-order valence-corrected chi connectivity index (χ0v) is 21.1. The number of benzene rings is 1. The normalized spacial score (nSPS) is 19.9. The summed E-state index contributed by atoms with van der Waals surface area (Å²) in [5.74, 6) is -2.66. The van der Waals surface area contributed by atoms with Gasteiger partial charge >= 0.3 is 11.9 Å². The topological polar surface area (TPSA) is 104 Å². The summed E-state index contributed by atoms with van der Waals surface area (Å²) >= 11 is 0. The number of allylic oxidation sites excluding steroid dienone is 6. The molecule has 2 N–H and O–H groups in total. The van der Waals surface area contributed by atoms with E-state index >= 15 is 0 Å². The molecule has 0 aromatic heterocycles. The van der Waals surface area contributed by atoms with Gasteiger partial charge in [-0.15, -0.1) is 0 Å². The summed E-state index contributed by atoms with van der Waals surface area (Å²) in [6.07, 6.45) is 10.6. The molecule has 2 atom stereocenters. The summed E-state index contributed by atoms with van der Waals surface area (Å²) in [6.45, 7) is 12.9. The van der Waals surface area contributed by atoms with E-state index < -0.39 is 23.3 Å². The second kappa shape index (κ2) is 12.3. The Morgan fingerprint density at radius 2 is 1.71 bits per heavy atom. The highest BCUT2D eigenvalue weighted by atomic mass is 16.5. The number of ketones is 1. The molecule has 0 radical (unpaired) electrons. The van der Waals surface area contributed by atoms with Gasteiger partial charge in [0.1, 0.15) is 12.4 Å². The molecule has 0 bridgehead atoms. The van der Waals surface area contributed by atoms with E-state index in [4.69, 9.17) is 9.84 Å². The number of likely N-dealkylation sites (N-methyl/N-ethyl adjacent to an activating group) is 1. The van der Waals surface area contributed by atoms with Crippen molar-refractivity contribution in [2.24, 2.45) is 11.3 Å². The van der Waals surface area contributed by atoms with Crippen molar-refractivity contribution in [3.63, 3.8) is 0 Å². The fourth-order valence-electron chi connectivity index (χ4n) is 4.36. The first-order chi connectivity index (χ1) is 16.5. The lowest BCUT2D eigenvalue weighted by Gasteiger charge is -2.34. The number of hydrogen-bond acceptors (Lipinski definition) is 5. The van der Waals surface area contributed by atoms with Gasteiger partial charge in [-0.05, 0) is 56.3 Å². The number of nitrogens with zero attached hydrogens (tertiary/aromatic N) is 1. The van der Waals surface area contributed by atoms with Gasteiger partial charge in [-0.2, -0.15) is 0 Å². The third kappa shape index (κ3) is 7.02. The molecule has 1 aromatic carbocycles. The van der Waals surface area contributed by atoms with Crippen LogP contribution in [-0.2, 0) is 9.59 Å². The second-order valence-corrected chi connectivity index (χ2v) is 8.78. The minimum absolute atomic E-state index is 0.209. The number of hydrogen-bond donors (Lipinski definition) is 2. The van der Waals surface area contributed by atoms with Crippen LogP contribution in [0.5, 0.6) is 5.75 Å². The Hall–Kier alpha value is -3.45. The summed E-state index contributed by atoms with van der Waals surface area (Å²) < 4.78 is 5.90. The summed E-state index contributed by atoms with van der Waals surface area (Å²) in [6, 6.07) is 3.70. The third-order valence-electron chi connectivity index (χ3n) is 6.42. The Kier molecular flexibility index (Phi) is 9.78. The van der Waals surface area contributed by atoms with Gasteiger partial charge in [-0.3, -0.25) is 4.79 Å². The van der Waals surface area contributed by atoms with Gasteiger partial charge in [0.15, 0.2) is 5.78 Å². The molecule has 0 saturated heterocycles. The van der Waals surface area contributed by atoms with E-state index in [1.807, 2.05) is 26.0 Å². The lowest BCUT2D eigenvalue weighted by Crippen LogP contribution is -2.31. The van der Waals surface area contributed by atoms with Gasteiger partial charge in [0, 0.05) is 29.5 Å². The average Bonchev–Trinajstić information content (AvgIpc) is 2.79. The van der Waals surface area contributed by atoms with Crippen molar-refractivity contribution in [3.05, 3.63) is 76.9 Å². The van der Waals surface area contributed by atoms with Crippen LogP contribution in [0.1, 0.15) is 42.3 Å². The van der Waals surface area contributed by atoms with E-state index in [2.05, 4.69) is 18.7 Å². The monoisotopic (exact) mass is 481 g/mol. The summed E-state index contributed by atoms with van der Waals surface area (Å²) in [5, 5.41) is 18.8. The molecule has 2 rings (SSSR count). The van der Waals surface area contributed by atoms with Crippen LogP contribution in [-0.4, -0.2) is 59.1 Å². The van der Waals surface area contributed by atoms with Crippen LogP contribution < -0.4 is 4.74 Å². The second-order valence-electron chi connectivity index (χ2n) is 8.78. The lowest BCUT2D eigenvalue weighted by atomic mass is 9.68. The van der Waals surface area contributed by atoms with Gasteiger partial charge in [0.05, 0.1) is 5.57 Å². The van der Waals surface area contributed by atoms with Gasteiger partial charge in [0.25, 0.3) is 0 Å². The van der Waals surface area contributed by atoms with Crippen molar-refractivity contribution in [1.29, 1.82) is 0 Å². The number of rotatable bonds is 12. The Balaban J connectivity index is 2.25. The number of carbonyl (C=O) groups excluding carboxylic acids is 1. The van der Waals surface area contributed by atoms with Crippen molar-refractivity contribution in [3.8, 4) is 5.75 Å². The number of carboxylic acid groups (broad SMARTS) is 2. The Labute approximate surface area is 207 Å². The number of aryl methyl sites for hydroxylation is 2. The summed E-state index contributed by atoms with van der Waals surface area (Å²) in [5.41, 5.74) is 0.760. The van der Waals surface area contributed by atoms with Crippen LogP contribution in [0.15, 0.2) is 60.2 Å². The maximum atomic E-state index is 13.1. The number of carbonyl (C=O) groups is 3. The zero-order chi connectivity index (χ0) is 26.2. The first-order valence-corrected chi connectivity index (χ1v) is 11.8. The van der Waals surface area contributed by atoms with Crippen LogP contribution in [0, 0.1) is 25.2 Å². The van der Waals surface area contributed by atoms with E-state index in [0.717, 1.165) is 30.8 Å². The van der Waals surface area contributed by atoms with Crippen LogP contribution in [0.3, 0.4) is 0 Å². The minimum atomic E-state index is -1.34. The number of ether oxygens (including phenoxy) is 1. The fourth-order valence-corrected chi connectivity index (χ4v) is 4.36. The highest BCUT2D eigenvalue weighted by molar-refractivity contribution is 6.06. The average molecular weight is 482 g/mol. The molecule has 0 amide bonds. The van der Waals surface area contributed by atoms with E-state index in [-0.39, 0.29) is 11.4 Å². The molecule has 2 unspecified atom stereocenters. The van der Waals surface area contributed by atoms with E-state index in [1.54, 1.807) is 37.3 Å². The Morgan fingerprint density at radius 1 is 1.09 bits per heavy atom. The maximum absolute atomic E-state index is 13.1. The van der Waals surface area contributed by atoms with Crippen LogP contribution in [0.25, 0.3) is 0 Å². The van der Waals surface area contributed by atoms with Crippen LogP contribution >= 0.6 is 0 Å². The summed E-state index contributed by atoms with van der Waals surface area (Å²) in [7, 11) is 0. The lowest BCUT2D eigenvalue weighted by molar-refractivity contribution is -0.136. The fraction of sp³-hybridized carbons (Fsp3) is 0.393. The standard InChI is InChI=1S/C28H35NO6/c1-6-29(7-2)14-15-35-22-16-19(3)26(20(4)17-22)24(30)12-11-21-10-8-9-13-28(21,5)23(27(33)34)18-25(31)32/h8-13,16-18,21H,6-7,14-15H2,1-5H3,(H,31,32)(H,33,34)/b12-11?,23-18-. The molecule has 0 fully saturated rings. The molecule has 7 nitrogen and oxygen atoms in total. The Morgan fingerprint density at radius 3 is 2.26 bits per heavy atom.